The van der Waals surface area contributed by atoms with E-state index in [4.69, 9.17) is 9.47 Å². The standard InChI is InChI=1S/C19H21NO3/c1-14-8-10-15(11-9-14)20-19(21)17-6-2-3-7-18(17)23-13-16-5-4-12-22-16/h2-3,6-11,16H,4-5,12-13H2,1H3,(H,20,21)/t16-/m1/s1. The summed E-state index contributed by atoms with van der Waals surface area (Å²) < 4.78 is 11.4. The van der Waals surface area contributed by atoms with E-state index in [0.29, 0.717) is 17.9 Å². The Kier molecular flexibility index (Phi) is 4.93. The minimum Gasteiger partial charge on any atom is -0.490 e. The summed E-state index contributed by atoms with van der Waals surface area (Å²) in [5.41, 5.74) is 2.46. The topological polar surface area (TPSA) is 47.6 Å². The highest BCUT2D eigenvalue weighted by molar-refractivity contribution is 6.06. The lowest BCUT2D eigenvalue weighted by Crippen LogP contribution is -2.19. The number of aryl methyl sites for hydroxylation is 1. The molecule has 4 nitrogen and oxygen atoms in total. The molecule has 1 aliphatic rings. The largest absolute Gasteiger partial charge is 0.490 e. The third-order valence-electron chi connectivity index (χ3n) is 3.89. The Labute approximate surface area is 136 Å². The summed E-state index contributed by atoms with van der Waals surface area (Å²) in [4.78, 5) is 12.5. The first kappa shape index (κ1) is 15.6. The van der Waals surface area contributed by atoms with Gasteiger partial charge in [-0.15, -0.1) is 0 Å². The van der Waals surface area contributed by atoms with Crippen LogP contribution in [-0.4, -0.2) is 25.2 Å². The van der Waals surface area contributed by atoms with Gasteiger partial charge in [0.05, 0.1) is 11.7 Å². The maximum absolute atomic E-state index is 12.5. The van der Waals surface area contributed by atoms with Crippen molar-refractivity contribution in [3.05, 3.63) is 59.7 Å². The molecule has 1 heterocycles. The summed E-state index contributed by atoms with van der Waals surface area (Å²) in [5, 5.41) is 2.90. The Morgan fingerprint density at radius 2 is 2.00 bits per heavy atom. The molecule has 0 aromatic heterocycles. The Balaban J connectivity index is 1.68. The highest BCUT2D eigenvalue weighted by atomic mass is 16.5. The molecule has 1 saturated heterocycles. The molecule has 0 spiro atoms. The van der Waals surface area contributed by atoms with Crippen molar-refractivity contribution in [3.8, 4) is 5.75 Å². The number of ether oxygens (including phenoxy) is 2. The van der Waals surface area contributed by atoms with Gasteiger partial charge >= 0.3 is 0 Å². The number of carbonyl (C=O) groups excluding carboxylic acids is 1. The zero-order valence-corrected chi connectivity index (χ0v) is 13.2. The molecular weight excluding hydrogens is 290 g/mol. The summed E-state index contributed by atoms with van der Waals surface area (Å²) in [6.45, 7) is 3.29. The van der Waals surface area contributed by atoms with Crippen LogP contribution in [0.4, 0.5) is 5.69 Å². The molecule has 2 aromatic rings. The van der Waals surface area contributed by atoms with Crippen LogP contribution >= 0.6 is 0 Å². The van der Waals surface area contributed by atoms with Crippen LogP contribution in [0, 0.1) is 6.92 Å². The third kappa shape index (κ3) is 4.11. The summed E-state index contributed by atoms with van der Waals surface area (Å²) in [6, 6.07) is 15.0. The Hall–Kier alpha value is -2.33. The van der Waals surface area contributed by atoms with Crippen LogP contribution in [0.2, 0.25) is 0 Å². The first-order chi connectivity index (χ1) is 11.2. The van der Waals surface area contributed by atoms with Gasteiger partial charge in [0.2, 0.25) is 0 Å². The molecule has 0 bridgehead atoms. The van der Waals surface area contributed by atoms with Gasteiger partial charge in [0.1, 0.15) is 12.4 Å². The van der Waals surface area contributed by atoms with Crippen LogP contribution in [0.3, 0.4) is 0 Å². The maximum Gasteiger partial charge on any atom is 0.259 e. The molecule has 23 heavy (non-hydrogen) atoms. The fraction of sp³-hybridized carbons (Fsp3) is 0.316. The van der Waals surface area contributed by atoms with Crippen LogP contribution in [0.5, 0.6) is 5.75 Å². The summed E-state index contributed by atoms with van der Waals surface area (Å²) >= 11 is 0. The average Bonchev–Trinajstić information content (AvgIpc) is 3.09. The number of hydrogen-bond acceptors (Lipinski definition) is 3. The summed E-state index contributed by atoms with van der Waals surface area (Å²) in [7, 11) is 0. The second-order valence-electron chi connectivity index (χ2n) is 5.76. The van der Waals surface area contributed by atoms with E-state index in [9.17, 15) is 4.79 Å². The first-order valence-electron chi connectivity index (χ1n) is 7.94. The fourth-order valence-corrected chi connectivity index (χ4v) is 2.57. The van der Waals surface area contributed by atoms with Crippen LogP contribution in [0.25, 0.3) is 0 Å². The van der Waals surface area contributed by atoms with Crippen molar-refractivity contribution in [2.24, 2.45) is 0 Å². The highest BCUT2D eigenvalue weighted by Gasteiger charge is 2.18. The van der Waals surface area contributed by atoms with E-state index in [1.165, 1.54) is 0 Å². The summed E-state index contributed by atoms with van der Waals surface area (Å²) in [6.07, 6.45) is 2.21. The number of rotatable bonds is 5. The van der Waals surface area contributed by atoms with Crippen LogP contribution in [0.1, 0.15) is 28.8 Å². The van der Waals surface area contributed by atoms with E-state index in [1.807, 2.05) is 49.4 Å². The van der Waals surface area contributed by atoms with E-state index < -0.39 is 0 Å². The molecule has 1 atom stereocenters. The quantitative estimate of drug-likeness (QED) is 0.913. The molecule has 4 heteroatoms. The van der Waals surface area contributed by atoms with Gasteiger partial charge in [-0.3, -0.25) is 4.79 Å². The van der Waals surface area contributed by atoms with Gasteiger partial charge in [0, 0.05) is 12.3 Å². The van der Waals surface area contributed by atoms with Crippen molar-refractivity contribution < 1.29 is 14.3 Å². The Bertz CT molecular complexity index is 661. The number of amides is 1. The predicted octanol–water partition coefficient (Wildman–Crippen LogP) is 3.81. The molecule has 1 aliphatic heterocycles. The molecule has 1 N–H and O–H groups in total. The van der Waals surface area contributed by atoms with Gasteiger partial charge in [-0.05, 0) is 44.0 Å². The van der Waals surface area contributed by atoms with Crippen molar-refractivity contribution in [1.29, 1.82) is 0 Å². The van der Waals surface area contributed by atoms with E-state index in [0.717, 1.165) is 30.7 Å². The average molecular weight is 311 g/mol. The zero-order valence-electron chi connectivity index (χ0n) is 13.2. The molecule has 1 amide bonds. The maximum atomic E-state index is 12.5. The number of benzene rings is 2. The third-order valence-corrected chi connectivity index (χ3v) is 3.89. The number of nitrogens with one attached hydrogen (secondary N) is 1. The van der Waals surface area contributed by atoms with E-state index in [2.05, 4.69) is 5.32 Å². The van der Waals surface area contributed by atoms with Crippen molar-refractivity contribution in [2.45, 2.75) is 25.9 Å². The molecule has 120 valence electrons. The molecule has 0 saturated carbocycles. The second kappa shape index (κ2) is 7.29. The Morgan fingerprint density at radius 3 is 2.74 bits per heavy atom. The van der Waals surface area contributed by atoms with Crippen LogP contribution in [-0.2, 0) is 4.74 Å². The van der Waals surface area contributed by atoms with Crippen molar-refractivity contribution in [3.63, 3.8) is 0 Å². The van der Waals surface area contributed by atoms with Crippen LogP contribution in [0.15, 0.2) is 48.5 Å². The lowest BCUT2D eigenvalue weighted by molar-refractivity contribution is 0.0673. The predicted molar refractivity (Wildman–Crippen MR) is 90.0 cm³/mol. The van der Waals surface area contributed by atoms with E-state index >= 15 is 0 Å². The minimum absolute atomic E-state index is 0.128. The minimum atomic E-state index is -0.170. The molecular formula is C19H21NO3. The SMILES string of the molecule is Cc1ccc(NC(=O)c2ccccc2OC[C@H]2CCCO2)cc1. The number of anilines is 1. The number of hydrogen-bond donors (Lipinski definition) is 1. The highest BCUT2D eigenvalue weighted by Crippen LogP contribution is 2.22. The van der Waals surface area contributed by atoms with Gasteiger partial charge in [0.15, 0.2) is 0 Å². The van der Waals surface area contributed by atoms with Gasteiger partial charge in [0.25, 0.3) is 5.91 Å². The van der Waals surface area contributed by atoms with Crippen molar-refractivity contribution in [2.75, 3.05) is 18.5 Å². The molecule has 0 unspecified atom stereocenters. The summed E-state index contributed by atoms with van der Waals surface area (Å²) in [5.74, 6) is 0.421. The fourth-order valence-electron chi connectivity index (χ4n) is 2.57. The van der Waals surface area contributed by atoms with Crippen molar-refractivity contribution in [1.82, 2.24) is 0 Å². The van der Waals surface area contributed by atoms with E-state index in [1.54, 1.807) is 6.07 Å². The monoisotopic (exact) mass is 311 g/mol. The smallest absolute Gasteiger partial charge is 0.259 e. The Morgan fingerprint density at radius 1 is 1.22 bits per heavy atom. The van der Waals surface area contributed by atoms with E-state index in [-0.39, 0.29) is 12.0 Å². The molecule has 2 aromatic carbocycles. The van der Waals surface area contributed by atoms with Gasteiger partial charge < -0.3 is 14.8 Å². The van der Waals surface area contributed by atoms with Gasteiger partial charge in [-0.2, -0.15) is 0 Å². The normalized spacial score (nSPS) is 17.0. The van der Waals surface area contributed by atoms with Crippen molar-refractivity contribution >= 4 is 11.6 Å². The molecule has 0 radical (unpaired) electrons. The lowest BCUT2D eigenvalue weighted by atomic mass is 10.1. The zero-order chi connectivity index (χ0) is 16.1. The van der Waals surface area contributed by atoms with Crippen LogP contribution < -0.4 is 10.1 Å². The molecule has 1 fully saturated rings. The van der Waals surface area contributed by atoms with Gasteiger partial charge in [-0.1, -0.05) is 29.8 Å². The number of carbonyl (C=O) groups is 1. The molecule has 0 aliphatic carbocycles. The number of para-hydroxylation sites is 1. The molecule has 3 rings (SSSR count). The second-order valence-corrected chi connectivity index (χ2v) is 5.76. The first-order valence-corrected chi connectivity index (χ1v) is 7.94. The van der Waals surface area contributed by atoms with Gasteiger partial charge in [-0.25, -0.2) is 0 Å². The lowest BCUT2D eigenvalue weighted by Gasteiger charge is -2.14.